The minimum Gasteiger partial charge on any atom is -0.455 e. The number of hydrogen-bond acceptors (Lipinski definition) is 2. The fourth-order valence-corrected chi connectivity index (χ4v) is 3.15. The van der Waals surface area contributed by atoms with Crippen LogP contribution in [0.3, 0.4) is 0 Å². The normalized spacial score (nSPS) is 17.4. The highest BCUT2D eigenvalue weighted by molar-refractivity contribution is 5.91. The number of anilines is 1. The molecule has 2 aromatic rings. The summed E-state index contributed by atoms with van der Waals surface area (Å²) in [7, 11) is 0. The molecule has 4 heteroatoms. The van der Waals surface area contributed by atoms with Gasteiger partial charge in [0.15, 0.2) is 5.75 Å². The number of piperidine rings is 1. The third-order valence-corrected chi connectivity index (χ3v) is 4.46. The maximum atomic E-state index is 12.7. The van der Waals surface area contributed by atoms with Crippen LogP contribution in [0.1, 0.15) is 32.6 Å². The highest BCUT2D eigenvalue weighted by Crippen LogP contribution is 2.30. The van der Waals surface area contributed by atoms with Crippen LogP contribution >= 0.6 is 0 Å². The van der Waals surface area contributed by atoms with E-state index in [-0.39, 0.29) is 6.03 Å². The molecule has 0 spiro atoms. The van der Waals surface area contributed by atoms with Crippen LogP contribution in [0.2, 0.25) is 0 Å². The minimum atomic E-state index is -0.0364. The van der Waals surface area contributed by atoms with Crippen LogP contribution in [0.25, 0.3) is 0 Å². The lowest BCUT2D eigenvalue weighted by molar-refractivity contribution is 0.160. The van der Waals surface area contributed by atoms with Gasteiger partial charge >= 0.3 is 6.03 Å². The Kier molecular flexibility index (Phi) is 5.36. The largest absolute Gasteiger partial charge is 0.455 e. The summed E-state index contributed by atoms with van der Waals surface area (Å²) in [5, 5.41) is 3.03. The van der Waals surface area contributed by atoms with Crippen molar-refractivity contribution in [2.24, 2.45) is 0 Å². The predicted octanol–water partition coefficient (Wildman–Crippen LogP) is 5.28. The standard InChI is InChI=1S/C20H24N2O2/c1-2-16-10-8-9-15-22(16)20(23)21-18-13-6-7-14-19(18)24-17-11-4-3-5-12-17/h3-7,11-14,16H,2,8-10,15H2,1H3,(H,21,23). The SMILES string of the molecule is CCC1CCCCN1C(=O)Nc1ccccc1Oc1ccccc1. The molecule has 3 rings (SSSR count). The molecule has 1 aliphatic rings. The summed E-state index contributed by atoms with van der Waals surface area (Å²) in [5.74, 6) is 1.41. The molecule has 0 bridgehead atoms. The number of amides is 2. The Balaban J connectivity index is 1.74. The molecule has 4 nitrogen and oxygen atoms in total. The molecular formula is C20H24N2O2. The molecular weight excluding hydrogens is 300 g/mol. The molecule has 1 aliphatic heterocycles. The molecule has 126 valence electrons. The van der Waals surface area contributed by atoms with Crippen molar-refractivity contribution in [3.05, 3.63) is 54.6 Å². The monoisotopic (exact) mass is 324 g/mol. The van der Waals surface area contributed by atoms with Crippen molar-refractivity contribution in [3.63, 3.8) is 0 Å². The molecule has 24 heavy (non-hydrogen) atoms. The number of nitrogens with one attached hydrogen (secondary N) is 1. The van der Waals surface area contributed by atoms with Gasteiger partial charge in [0, 0.05) is 12.6 Å². The summed E-state index contributed by atoms with van der Waals surface area (Å²) < 4.78 is 5.92. The number of urea groups is 1. The van der Waals surface area contributed by atoms with Crippen LogP contribution in [0.4, 0.5) is 10.5 Å². The number of hydrogen-bond donors (Lipinski definition) is 1. The molecule has 0 aromatic heterocycles. The first-order chi connectivity index (χ1) is 11.8. The van der Waals surface area contributed by atoms with Gasteiger partial charge in [0.05, 0.1) is 5.69 Å². The number of carbonyl (C=O) groups is 1. The van der Waals surface area contributed by atoms with E-state index in [0.29, 0.717) is 17.5 Å². The molecule has 2 aromatic carbocycles. The van der Waals surface area contributed by atoms with Crippen molar-refractivity contribution in [3.8, 4) is 11.5 Å². The van der Waals surface area contributed by atoms with Gasteiger partial charge in [-0.25, -0.2) is 4.79 Å². The quantitative estimate of drug-likeness (QED) is 0.832. The van der Waals surface area contributed by atoms with Crippen molar-refractivity contribution in [2.75, 3.05) is 11.9 Å². The van der Waals surface area contributed by atoms with Gasteiger partial charge in [-0.05, 0) is 49.9 Å². The molecule has 1 fully saturated rings. The molecule has 2 amide bonds. The zero-order chi connectivity index (χ0) is 16.8. The smallest absolute Gasteiger partial charge is 0.322 e. The van der Waals surface area contributed by atoms with E-state index >= 15 is 0 Å². The van der Waals surface area contributed by atoms with Gasteiger partial charge in [-0.1, -0.05) is 37.3 Å². The van der Waals surface area contributed by atoms with Crippen LogP contribution < -0.4 is 10.1 Å². The number of likely N-dealkylation sites (tertiary alicyclic amines) is 1. The lowest BCUT2D eigenvalue weighted by atomic mass is 10.0. The molecule has 1 saturated heterocycles. The predicted molar refractivity (Wildman–Crippen MR) is 96.6 cm³/mol. The van der Waals surface area contributed by atoms with Gasteiger partial charge in [-0.15, -0.1) is 0 Å². The van der Waals surface area contributed by atoms with Crippen LogP contribution in [0, 0.1) is 0 Å². The Bertz CT molecular complexity index is 672. The van der Waals surface area contributed by atoms with E-state index in [0.717, 1.165) is 31.6 Å². The average molecular weight is 324 g/mol. The maximum Gasteiger partial charge on any atom is 0.322 e. The number of ether oxygens (including phenoxy) is 1. The lowest BCUT2D eigenvalue weighted by Crippen LogP contribution is -2.45. The fourth-order valence-electron chi connectivity index (χ4n) is 3.15. The number of carbonyl (C=O) groups excluding carboxylic acids is 1. The molecule has 0 aliphatic carbocycles. The van der Waals surface area contributed by atoms with Crippen molar-refractivity contribution >= 4 is 11.7 Å². The Morgan fingerprint density at radius 2 is 1.88 bits per heavy atom. The van der Waals surface area contributed by atoms with Crippen LogP contribution in [0.15, 0.2) is 54.6 Å². The number of benzene rings is 2. The summed E-state index contributed by atoms with van der Waals surface area (Å²) in [6.07, 6.45) is 4.36. The van der Waals surface area contributed by atoms with Gasteiger partial charge in [-0.2, -0.15) is 0 Å². The molecule has 0 radical (unpaired) electrons. The van der Waals surface area contributed by atoms with Crippen molar-refractivity contribution in [2.45, 2.75) is 38.6 Å². The van der Waals surface area contributed by atoms with Crippen LogP contribution in [-0.2, 0) is 0 Å². The summed E-state index contributed by atoms with van der Waals surface area (Å²) in [6, 6.07) is 17.5. The van der Waals surface area contributed by atoms with Crippen molar-refractivity contribution in [1.29, 1.82) is 0 Å². The Morgan fingerprint density at radius 1 is 1.12 bits per heavy atom. The third kappa shape index (κ3) is 3.88. The van der Waals surface area contributed by atoms with E-state index in [1.54, 1.807) is 0 Å². The first kappa shape index (κ1) is 16.4. The second kappa shape index (κ2) is 7.86. The van der Waals surface area contributed by atoms with E-state index < -0.39 is 0 Å². The first-order valence-corrected chi connectivity index (χ1v) is 8.67. The maximum absolute atomic E-state index is 12.7. The van der Waals surface area contributed by atoms with Crippen molar-refractivity contribution < 1.29 is 9.53 Å². The Morgan fingerprint density at radius 3 is 2.67 bits per heavy atom. The van der Waals surface area contributed by atoms with E-state index in [9.17, 15) is 4.79 Å². The summed E-state index contributed by atoms with van der Waals surface area (Å²) in [4.78, 5) is 14.7. The van der Waals surface area contributed by atoms with Gasteiger partial charge in [0.1, 0.15) is 5.75 Å². The van der Waals surface area contributed by atoms with Crippen molar-refractivity contribution in [1.82, 2.24) is 4.90 Å². The highest BCUT2D eigenvalue weighted by Gasteiger charge is 2.25. The Hall–Kier alpha value is -2.49. The number of nitrogens with zero attached hydrogens (tertiary/aromatic N) is 1. The van der Waals surface area contributed by atoms with Gasteiger partial charge in [-0.3, -0.25) is 0 Å². The van der Waals surface area contributed by atoms with E-state index in [4.69, 9.17) is 4.74 Å². The second-order valence-corrected chi connectivity index (χ2v) is 6.09. The topological polar surface area (TPSA) is 41.6 Å². The summed E-state index contributed by atoms with van der Waals surface area (Å²) in [5.41, 5.74) is 0.701. The zero-order valence-corrected chi connectivity index (χ0v) is 14.1. The fraction of sp³-hybridized carbons (Fsp3) is 0.350. The summed E-state index contributed by atoms with van der Waals surface area (Å²) >= 11 is 0. The molecule has 1 N–H and O–H groups in total. The molecule has 0 saturated carbocycles. The minimum absolute atomic E-state index is 0.0364. The van der Waals surface area contributed by atoms with Crippen LogP contribution in [-0.4, -0.2) is 23.5 Å². The highest BCUT2D eigenvalue weighted by atomic mass is 16.5. The van der Waals surface area contributed by atoms with E-state index in [1.165, 1.54) is 6.42 Å². The number of rotatable bonds is 4. The van der Waals surface area contributed by atoms with Gasteiger partial charge in [0.2, 0.25) is 0 Å². The van der Waals surface area contributed by atoms with Gasteiger partial charge in [0.25, 0.3) is 0 Å². The zero-order valence-electron chi connectivity index (χ0n) is 14.1. The average Bonchev–Trinajstić information content (AvgIpc) is 2.64. The molecule has 1 unspecified atom stereocenters. The lowest BCUT2D eigenvalue weighted by Gasteiger charge is -2.35. The molecule has 1 heterocycles. The van der Waals surface area contributed by atoms with Gasteiger partial charge < -0.3 is 15.0 Å². The van der Waals surface area contributed by atoms with E-state index in [2.05, 4.69) is 12.2 Å². The third-order valence-electron chi connectivity index (χ3n) is 4.46. The van der Waals surface area contributed by atoms with E-state index in [1.807, 2.05) is 59.5 Å². The Labute approximate surface area is 143 Å². The number of para-hydroxylation sites is 3. The summed E-state index contributed by atoms with van der Waals surface area (Å²) in [6.45, 7) is 2.97. The first-order valence-electron chi connectivity index (χ1n) is 8.67. The second-order valence-electron chi connectivity index (χ2n) is 6.09. The van der Waals surface area contributed by atoms with Crippen LogP contribution in [0.5, 0.6) is 11.5 Å². The molecule has 1 atom stereocenters.